The molecule has 2 aromatic carbocycles. The number of carboxylic acid groups (broad SMARTS) is 2. The number of carboxylic acids is 2. The number of phenolic OH excluding ortho intramolecular Hbond substituents is 2. The Morgan fingerprint density at radius 3 is 1.42 bits per heavy atom. The van der Waals surface area contributed by atoms with Gasteiger partial charge in [0.15, 0.2) is 0 Å². The highest BCUT2D eigenvalue weighted by Gasteiger charge is 2.19. The van der Waals surface area contributed by atoms with Gasteiger partial charge in [0.25, 0.3) is 0 Å². The van der Waals surface area contributed by atoms with Gasteiger partial charge in [0.2, 0.25) is 0 Å². The lowest BCUT2D eigenvalue weighted by atomic mass is 10.1. The lowest BCUT2D eigenvalue weighted by Gasteiger charge is -2.13. The quantitative estimate of drug-likeness (QED) is 0.468. The molecule has 9 heteroatoms. The van der Waals surface area contributed by atoms with E-state index in [1.165, 1.54) is 36.4 Å². The third-order valence-corrected chi connectivity index (χ3v) is 3.02. The van der Waals surface area contributed by atoms with Crippen LogP contribution < -0.4 is 10.6 Å². The summed E-state index contributed by atoms with van der Waals surface area (Å²) in [5.74, 6) is -3.73. The molecule has 0 fully saturated rings. The molecule has 0 aliphatic heterocycles. The molecule has 0 radical (unpaired) electrons. The van der Waals surface area contributed by atoms with Gasteiger partial charge < -0.3 is 31.1 Å². The Bertz CT molecular complexity index is 765. The molecule has 9 nitrogen and oxygen atoms in total. The molecule has 2 aromatic rings. The normalized spacial score (nSPS) is 10.0. The Morgan fingerprint density at radius 2 is 1.08 bits per heavy atom. The number of amides is 2. The summed E-state index contributed by atoms with van der Waals surface area (Å²) in [5.41, 5.74) is -1.45. The Morgan fingerprint density at radius 1 is 0.708 bits per heavy atom. The number of carbonyl (C=O) groups excluding carboxylic acids is 1. The molecular formula is C15H12N2O7. The average molecular weight is 332 g/mol. The van der Waals surface area contributed by atoms with Gasteiger partial charge in [-0.1, -0.05) is 12.1 Å². The maximum absolute atomic E-state index is 12.0. The van der Waals surface area contributed by atoms with Crippen LogP contribution in [0.1, 0.15) is 20.7 Å². The van der Waals surface area contributed by atoms with Crippen molar-refractivity contribution < 1.29 is 34.8 Å². The van der Waals surface area contributed by atoms with Crippen molar-refractivity contribution in [1.82, 2.24) is 0 Å². The van der Waals surface area contributed by atoms with E-state index in [4.69, 9.17) is 10.2 Å². The number of hydrogen-bond donors (Lipinski definition) is 6. The summed E-state index contributed by atoms with van der Waals surface area (Å²) in [5, 5.41) is 41.7. The monoisotopic (exact) mass is 332 g/mol. The molecule has 2 rings (SSSR count). The minimum atomic E-state index is -1.38. The molecule has 24 heavy (non-hydrogen) atoms. The highest BCUT2D eigenvalue weighted by atomic mass is 16.4. The fourth-order valence-electron chi connectivity index (χ4n) is 1.96. The van der Waals surface area contributed by atoms with Crippen LogP contribution in [-0.2, 0) is 0 Å². The number of phenols is 2. The van der Waals surface area contributed by atoms with Crippen LogP contribution >= 0.6 is 0 Å². The Kier molecular flexibility index (Phi) is 4.55. The molecule has 0 bridgehead atoms. The van der Waals surface area contributed by atoms with E-state index in [1.54, 1.807) is 0 Å². The van der Waals surface area contributed by atoms with Crippen molar-refractivity contribution >= 4 is 29.3 Å². The minimum absolute atomic E-state index is 0.360. The number of aromatic hydroxyl groups is 2. The number of para-hydroxylation sites is 2. The van der Waals surface area contributed by atoms with Crippen LogP contribution in [0.5, 0.6) is 11.5 Å². The summed E-state index contributed by atoms with van der Waals surface area (Å²) in [7, 11) is 0. The lowest BCUT2D eigenvalue weighted by molar-refractivity contribution is 0.0687. The summed E-state index contributed by atoms with van der Waals surface area (Å²) in [6.45, 7) is 0. The SMILES string of the molecule is O=C(Nc1c(O)cccc1C(=O)O)Nc1c(O)cccc1C(=O)O. The molecule has 0 heterocycles. The second kappa shape index (κ2) is 6.57. The van der Waals surface area contributed by atoms with E-state index < -0.39 is 29.5 Å². The summed E-state index contributed by atoms with van der Waals surface area (Å²) in [6, 6.07) is 6.21. The molecule has 0 unspecified atom stereocenters. The number of urea groups is 1. The lowest BCUT2D eigenvalue weighted by Crippen LogP contribution is -2.22. The van der Waals surface area contributed by atoms with E-state index in [9.17, 15) is 24.6 Å². The first kappa shape index (κ1) is 16.6. The van der Waals surface area contributed by atoms with Crippen LogP contribution in [0.15, 0.2) is 36.4 Å². The third-order valence-electron chi connectivity index (χ3n) is 3.02. The van der Waals surface area contributed by atoms with Crippen molar-refractivity contribution in [2.75, 3.05) is 10.6 Å². The highest BCUT2D eigenvalue weighted by Crippen LogP contribution is 2.30. The maximum Gasteiger partial charge on any atom is 0.337 e. The molecule has 0 aliphatic rings. The van der Waals surface area contributed by atoms with Crippen molar-refractivity contribution in [1.29, 1.82) is 0 Å². The van der Waals surface area contributed by atoms with Gasteiger partial charge in [0.05, 0.1) is 22.5 Å². The van der Waals surface area contributed by atoms with Gasteiger partial charge >= 0.3 is 18.0 Å². The van der Waals surface area contributed by atoms with Crippen LogP contribution in [-0.4, -0.2) is 38.4 Å². The molecule has 0 spiro atoms. The minimum Gasteiger partial charge on any atom is -0.506 e. The summed E-state index contributed by atoms with van der Waals surface area (Å²) in [4.78, 5) is 34.2. The second-order valence-corrected chi connectivity index (χ2v) is 4.59. The Balaban J connectivity index is 2.31. The predicted molar refractivity (Wildman–Crippen MR) is 82.8 cm³/mol. The van der Waals surface area contributed by atoms with Crippen LogP contribution in [0.25, 0.3) is 0 Å². The number of nitrogens with one attached hydrogen (secondary N) is 2. The fraction of sp³-hybridized carbons (Fsp3) is 0. The number of carbonyl (C=O) groups is 3. The zero-order chi connectivity index (χ0) is 17.9. The van der Waals surface area contributed by atoms with E-state index in [2.05, 4.69) is 10.6 Å². The fourth-order valence-corrected chi connectivity index (χ4v) is 1.96. The van der Waals surface area contributed by atoms with Crippen LogP contribution in [0.3, 0.4) is 0 Å². The number of aromatic carboxylic acids is 2. The second-order valence-electron chi connectivity index (χ2n) is 4.59. The van der Waals surface area contributed by atoms with E-state index in [1.807, 2.05) is 0 Å². The summed E-state index contributed by atoms with van der Waals surface area (Å²) < 4.78 is 0. The standard InChI is InChI=1S/C15H12N2O7/c18-9-5-1-3-7(13(20)21)11(9)16-15(24)17-12-8(14(22)23)4-2-6-10(12)19/h1-6,18-19H,(H,20,21)(H,22,23)(H2,16,17,24). The molecule has 0 aromatic heterocycles. The van der Waals surface area contributed by atoms with Crippen LogP contribution in [0.4, 0.5) is 16.2 Å². The zero-order valence-corrected chi connectivity index (χ0v) is 12.0. The highest BCUT2D eigenvalue weighted by molar-refractivity contribution is 6.09. The summed E-state index contributed by atoms with van der Waals surface area (Å²) >= 11 is 0. The number of benzene rings is 2. The zero-order valence-electron chi connectivity index (χ0n) is 12.0. The van der Waals surface area contributed by atoms with Gasteiger partial charge in [-0.25, -0.2) is 14.4 Å². The molecule has 6 N–H and O–H groups in total. The number of rotatable bonds is 4. The van der Waals surface area contributed by atoms with Gasteiger partial charge in [-0.05, 0) is 24.3 Å². The number of anilines is 2. The van der Waals surface area contributed by atoms with E-state index in [-0.39, 0.29) is 22.5 Å². The van der Waals surface area contributed by atoms with Crippen molar-refractivity contribution in [3.63, 3.8) is 0 Å². The molecule has 0 saturated carbocycles. The molecule has 0 atom stereocenters. The van der Waals surface area contributed by atoms with E-state index >= 15 is 0 Å². The third kappa shape index (κ3) is 3.35. The van der Waals surface area contributed by atoms with Crippen LogP contribution in [0, 0.1) is 0 Å². The average Bonchev–Trinajstić information content (AvgIpc) is 2.50. The number of hydrogen-bond acceptors (Lipinski definition) is 5. The topological polar surface area (TPSA) is 156 Å². The van der Waals surface area contributed by atoms with E-state index in [0.29, 0.717) is 0 Å². The Labute approximate surface area is 134 Å². The van der Waals surface area contributed by atoms with Gasteiger partial charge in [-0.15, -0.1) is 0 Å². The van der Waals surface area contributed by atoms with Crippen LogP contribution in [0.2, 0.25) is 0 Å². The Hall–Kier alpha value is -3.75. The molecule has 124 valence electrons. The van der Waals surface area contributed by atoms with Gasteiger partial charge in [-0.3, -0.25) is 0 Å². The van der Waals surface area contributed by atoms with Crippen molar-refractivity contribution in [3.8, 4) is 11.5 Å². The van der Waals surface area contributed by atoms with Crippen molar-refractivity contribution in [3.05, 3.63) is 47.5 Å². The smallest absolute Gasteiger partial charge is 0.337 e. The summed E-state index contributed by atoms with van der Waals surface area (Å²) in [6.07, 6.45) is 0. The first-order valence-electron chi connectivity index (χ1n) is 6.49. The van der Waals surface area contributed by atoms with Gasteiger partial charge in [0.1, 0.15) is 11.5 Å². The maximum atomic E-state index is 12.0. The first-order chi connectivity index (χ1) is 11.3. The molecule has 0 aliphatic carbocycles. The molecule has 0 saturated heterocycles. The first-order valence-corrected chi connectivity index (χ1v) is 6.49. The largest absolute Gasteiger partial charge is 0.506 e. The van der Waals surface area contributed by atoms with Crippen molar-refractivity contribution in [2.24, 2.45) is 0 Å². The van der Waals surface area contributed by atoms with E-state index in [0.717, 1.165) is 0 Å². The van der Waals surface area contributed by atoms with Crippen molar-refractivity contribution in [2.45, 2.75) is 0 Å². The predicted octanol–water partition coefficient (Wildman–Crippen LogP) is 2.14. The van der Waals surface area contributed by atoms with Gasteiger partial charge in [0, 0.05) is 0 Å². The van der Waals surface area contributed by atoms with Gasteiger partial charge in [-0.2, -0.15) is 0 Å². The molecular weight excluding hydrogens is 320 g/mol. The molecule has 2 amide bonds.